The molecule has 1 unspecified atom stereocenters. The highest BCUT2D eigenvalue weighted by molar-refractivity contribution is 5.94. The van der Waals surface area contributed by atoms with Crippen molar-refractivity contribution in [3.63, 3.8) is 0 Å². The van der Waals surface area contributed by atoms with Gasteiger partial charge in [-0.1, -0.05) is 0 Å². The minimum atomic E-state index is -0.467. The molecule has 0 radical (unpaired) electrons. The van der Waals surface area contributed by atoms with E-state index in [1.807, 2.05) is 15.6 Å². The van der Waals surface area contributed by atoms with Crippen LogP contribution in [0, 0.1) is 5.92 Å². The first-order chi connectivity index (χ1) is 11.7. The number of carbonyl (C=O) groups is 1. The van der Waals surface area contributed by atoms with Crippen molar-refractivity contribution in [2.75, 3.05) is 18.9 Å². The van der Waals surface area contributed by atoms with Crippen LogP contribution in [-0.4, -0.2) is 44.3 Å². The van der Waals surface area contributed by atoms with Crippen molar-refractivity contribution in [1.29, 1.82) is 0 Å². The SMILES string of the molecule is CNc1cc(C(=O)N2CCn3nc(C(O)C4CC4)cc3C2)ccn1. The minimum Gasteiger partial charge on any atom is -0.386 e. The van der Waals surface area contributed by atoms with Gasteiger partial charge in [0.25, 0.3) is 5.91 Å². The lowest BCUT2D eigenvalue weighted by Crippen LogP contribution is -2.38. The van der Waals surface area contributed by atoms with Gasteiger partial charge in [-0.15, -0.1) is 0 Å². The average molecular weight is 327 g/mol. The molecule has 1 aliphatic carbocycles. The fourth-order valence-electron chi connectivity index (χ4n) is 3.14. The summed E-state index contributed by atoms with van der Waals surface area (Å²) in [5.41, 5.74) is 2.34. The standard InChI is InChI=1S/C17H21N5O2/c1-18-15-8-12(4-5-19-15)17(24)21-6-7-22-13(10-21)9-14(20-22)16(23)11-2-3-11/h4-5,8-9,11,16,23H,2-3,6-7,10H2,1H3,(H,18,19). The monoisotopic (exact) mass is 327 g/mol. The number of amides is 1. The summed E-state index contributed by atoms with van der Waals surface area (Å²) in [5.74, 6) is 1.03. The summed E-state index contributed by atoms with van der Waals surface area (Å²) in [4.78, 5) is 18.7. The van der Waals surface area contributed by atoms with E-state index in [0.29, 0.717) is 36.9 Å². The molecule has 4 rings (SSSR count). The van der Waals surface area contributed by atoms with Crippen molar-refractivity contribution >= 4 is 11.7 Å². The molecule has 2 N–H and O–H groups in total. The van der Waals surface area contributed by atoms with Gasteiger partial charge in [0, 0.05) is 25.4 Å². The second-order valence-electron chi connectivity index (χ2n) is 6.47. The van der Waals surface area contributed by atoms with Crippen LogP contribution in [0.4, 0.5) is 5.82 Å². The van der Waals surface area contributed by atoms with Gasteiger partial charge in [-0.05, 0) is 37.0 Å². The number of nitrogens with one attached hydrogen (secondary N) is 1. The van der Waals surface area contributed by atoms with Crippen LogP contribution in [0.2, 0.25) is 0 Å². The number of hydrogen-bond acceptors (Lipinski definition) is 5. The Kier molecular flexibility index (Phi) is 3.72. The third kappa shape index (κ3) is 2.75. The third-order valence-electron chi connectivity index (χ3n) is 4.74. The molecule has 1 amide bonds. The lowest BCUT2D eigenvalue weighted by Gasteiger charge is -2.27. The highest BCUT2D eigenvalue weighted by atomic mass is 16.3. The number of aliphatic hydroxyl groups is 1. The molecule has 1 atom stereocenters. The first kappa shape index (κ1) is 15.1. The molecule has 0 bridgehead atoms. The summed E-state index contributed by atoms with van der Waals surface area (Å²) < 4.78 is 1.91. The van der Waals surface area contributed by atoms with Gasteiger partial charge in [0.15, 0.2) is 0 Å². The molecular weight excluding hydrogens is 306 g/mol. The fourth-order valence-corrected chi connectivity index (χ4v) is 3.14. The predicted octanol–water partition coefficient (Wildman–Crippen LogP) is 1.42. The average Bonchev–Trinajstić information content (AvgIpc) is 3.38. The van der Waals surface area contributed by atoms with Gasteiger partial charge in [0.1, 0.15) is 11.9 Å². The molecule has 24 heavy (non-hydrogen) atoms. The molecule has 2 aromatic heterocycles. The first-order valence-electron chi connectivity index (χ1n) is 8.33. The summed E-state index contributed by atoms with van der Waals surface area (Å²) in [6, 6.07) is 5.43. The Morgan fingerprint density at radius 1 is 1.38 bits per heavy atom. The molecule has 0 spiro atoms. The van der Waals surface area contributed by atoms with E-state index in [4.69, 9.17) is 0 Å². The van der Waals surface area contributed by atoms with E-state index >= 15 is 0 Å². The van der Waals surface area contributed by atoms with Crippen LogP contribution in [0.25, 0.3) is 0 Å². The molecular formula is C17H21N5O2. The van der Waals surface area contributed by atoms with Crippen molar-refractivity contribution in [3.8, 4) is 0 Å². The summed E-state index contributed by atoms with van der Waals surface area (Å²) in [7, 11) is 1.78. The van der Waals surface area contributed by atoms with Crippen molar-refractivity contribution < 1.29 is 9.90 Å². The molecule has 7 heteroatoms. The third-order valence-corrected chi connectivity index (χ3v) is 4.74. The zero-order valence-electron chi connectivity index (χ0n) is 13.6. The van der Waals surface area contributed by atoms with Gasteiger partial charge in [-0.2, -0.15) is 5.10 Å². The van der Waals surface area contributed by atoms with Crippen LogP contribution >= 0.6 is 0 Å². The van der Waals surface area contributed by atoms with E-state index in [9.17, 15) is 9.90 Å². The Bertz CT molecular complexity index is 768. The fraction of sp³-hybridized carbons (Fsp3) is 0.471. The summed E-state index contributed by atoms with van der Waals surface area (Å²) >= 11 is 0. The van der Waals surface area contributed by atoms with Crippen LogP contribution in [0.1, 0.15) is 40.7 Å². The second-order valence-corrected chi connectivity index (χ2v) is 6.47. The van der Waals surface area contributed by atoms with E-state index in [1.165, 1.54) is 0 Å². The highest BCUT2D eigenvalue weighted by Crippen LogP contribution is 2.40. The van der Waals surface area contributed by atoms with Gasteiger partial charge in [-0.25, -0.2) is 4.98 Å². The van der Waals surface area contributed by atoms with E-state index in [1.54, 1.807) is 25.4 Å². The zero-order chi connectivity index (χ0) is 16.7. The van der Waals surface area contributed by atoms with E-state index in [-0.39, 0.29) is 5.91 Å². The van der Waals surface area contributed by atoms with Gasteiger partial charge in [-0.3, -0.25) is 9.48 Å². The molecule has 7 nitrogen and oxygen atoms in total. The lowest BCUT2D eigenvalue weighted by molar-refractivity contribution is 0.0705. The number of carbonyl (C=O) groups excluding carboxylic acids is 1. The van der Waals surface area contributed by atoms with Gasteiger partial charge >= 0.3 is 0 Å². The largest absolute Gasteiger partial charge is 0.386 e. The Hall–Kier alpha value is -2.41. The smallest absolute Gasteiger partial charge is 0.254 e. The van der Waals surface area contributed by atoms with Crippen LogP contribution in [0.5, 0.6) is 0 Å². The number of aliphatic hydroxyl groups excluding tert-OH is 1. The Morgan fingerprint density at radius 3 is 2.96 bits per heavy atom. The molecule has 3 heterocycles. The van der Waals surface area contributed by atoms with Crippen molar-refractivity contribution in [3.05, 3.63) is 41.3 Å². The zero-order valence-corrected chi connectivity index (χ0v) is 13.6. The topological polar surface area (TPSA) is 83.3 Å². The van der Waals surface area contributed by atoms with E-state index in [0.717, 1.165) is 24.2 Å². The van der Waals surface area contributed by atoms with Crippen LogP contribution < -0.4 is 5.32 Å². The molecule has 1 aliphatic heterocycles. The molecule has 2 aromatic rings. The number of anilines is 1. The number of fused-ring (bicyclic) bond motifs is 1. The maximum absolute atomic E-state index is 12.7. The number of rotatable bonds is 4. The number of pyridine rings is 1. The van der Waals surface area contributed by atoms with E-state index in [2.05, 4.69) is 15.4 Å². The van der Waals surface area contributed by atoms with E-state index < -0.39 is 6.10 Å². The van der Waals surface area contributed by atoms with Gasteiger partial charge in [0.05, 0.1) is 24.5 Å². The predicted molar refractivity (Wildman–Crippen MR) is 88.4 cm³/mol. The van der Waals surface area contributed by atoms with Crippen molar-refractivity contribution in [2.24, 2.45) is 5.92 Å². The van der Waals surface area contributed by atoms with Crippen LogP contribution in [-0.2, 0) is 13.1 Å². The molecule has 0 aromatic carbocycles. The Labute approximate surface area is 140 Å². The number of aromatic nitrogens is 3. The molecule has 2 aliphatic rings. The van der Waals surface area contributed by atoms with Crippen molar-refractivity contribution in [1.82, 2.24) is 19.7 Å². The minimum absolute atomic E-state index is 0.00867. The quantitative estimate of drug-likeness (QED) is 0.887. The Morgan fingerprint density at radius 2 is 2.21 bits per heavy atom. The summed E-state index contributed by atoms with van der Waals surface area (Å²) in [6.07, 6.45) is 3.32. The highest BCUT2D eigenvalue weighted by Gasteiger charge is 2.33. The first-order valence-corrected chi connectivity index (χ1v) is 8.33. The summed E-state index contributed by atoms with van der Waals surface area (Å²) in [5, 5.41) is 17.7. The number of nitrogens with zero attached hydrogens (tertiary/aromatic N) is 4. The summed E-state index contributed by atoms with van der Waals surface area (Å²) in [6.45, 7) is 1.78. The van der Waals surface area contributed by atoms with Crippen LogP contribution in [0.15, 0.2) is 24.4 Å². The molecule has 1 fully saturated rings. The molecule has 1 saturated carbocycles. The normalized spacial score (nSPS) is 18.2. The maximum Gasteiger partial charge on any atom is 0.254 e. The lowest BCUT2D eigenvalue weighted by atomic mass is 10.1. The second kappa shape index (κ2) is 5.90. The Balaban J connectivity index is 1.51. The van der Waals surface area contributed by atoms with Crippen molar-refractivity contribution in [2.45, 2.75) is 32.0 Å². The molecule has 0 saturated heterocycles. The maximum atomic E-state index is 12.7. The number of hydrogen-bond donors (Lipinski definition) is 2. The molecule has 126 valence electrons. The van der Waals surface area contributed by atoms with Gasteiger partial charge in [0.2, 0.25) is 0 Å². The van der Waals surface area contributed by atoms with Crippen LogP contribution in [0.3, 0.4) is 0 Å². The van der Waals surface area contributed by atoms with Gasteiger partial charge < -0.3 is 15.3 Å².